The molecule has 3 rings (SSSR count). The standard InChI is InChI=1S/C14H10FN3O2S/c15-11-6-7-13(17-9-11)21(19,20)18-12-5-1-3-10-4-2-8-16-14(10)12/h1-9,18H. The molecule has 0 atom stereocenters. The smallest absolute Gasteiger partial charge is 0.276 e. The van der Waals surface area contributed by atoms with Crippen LogP contribution in [0.25, 0.3) is 10.9 Å². The van der Waals surface area contributed by atoms with Crippen molar-refractivity contribution in [3.63, 3.8) is 0 Å². The maximum Gasteiger partial charge on any atom is 0.279 e. The highest BCUT2D eigenvalue weighted by Crippen LogP contribution is 2.23. The molecule has 0 aliphatic heterocycles. The number of rotatable bonds is 3. The highest BCUT2D eigenvalue weighted by molar-refractivity contribution is 7.92. The topological polar surface area (TPSA) is 72.0 Å². The van der Waals surface area contributed by atoms with Crippen LogP contribution < -0.4 is 4.72 Å². The molecule has 2 heterocycles. The lowest BCUT2D eigenvalue weighted by Gasteiger charge is -2.09. The first-order valence-electron chi connectivity index (χ1n) is 6.04. The quantitative estimate of drug-likeness (QED) is 0.807. The Morgan fingerprint density at radius 2 is 1.81 bits per heavy atom. The van der Waals surface area contributed by atoms with Crippen LogP contribution in [0.5, 0.6) is 0 Å². The number of anilines is 1. The molecule has 0 fully saturated rings. The summed E-state index contributed by atoms with van der Waals surface area (Å²) in [5.41, 5.74) is 0.880. The molecule has 0 amide bonds. The average Bonchev–Trinajstić information content (AvgIpc) is 2.48. The van der Waals surface area contributed by atoms with Gasteiger partial charge < -0.3 is 0 Å². The molecule has 0 saturated carbocycles. The van der Waals surface area contributed by atoms with Gasteiger partial charge in [0.15, 0.2) is 5.03 Å². The zero-order valence-corrected chi connectivity index (χ0v) is 11.5. The van der Waals surface area contributed by atoms with Crippen LogP contribution in [-0.2, 0) is 10.0 Å². The van der Waals surface area contributed by atoms with Crippen molar-refractivity contribution in [1.29, 1.82) is 0 Å². The number of benzene rings is 1. The minimum Gasteiger partial charge on any atom is -0.276 e. The van der Waals surface area contributed by atoms with E-state index in [-0.39, 0.29) is 5.03 Å². The molecule has 0 aliphatic rings. The molecule has 0 spiro atoms. The van der Waals surface area contributed by atoms with Gasteiger partial charge >= 0.3 is 0 Å². The SMILES string of the molecule is O=S(=O)(Nc1cccc2cccnc12)c1ccc(F)cn1. The second-order valence-corrected chi connectivity index (χ2v) is 5.93. The lowest BCUT2D eigenvalue weighted by molar-refractivity contribution is 0.592. The molecule has 1 aromatic carbocycles. The molecule has 7 heteroatoms. The van der Waals surface area contributed by atoms with Crippen LogP contribution in [-0.4, -0.2) is 18.4 Å². The van der Waals surface area contributed by atoms with Gasteiger partial charge in [0.2, 0.25) is 0 Å². The predicted octanol–water partition coefficient (Wildman–Crippen LogP) is 2.57. The summed E-state index contributed by atoms with van der Waals surface area (Å²) in [7, 11) is -3.89. The highest BCUT2D eigenvalue weighted by atomic mass is 32.2. The second-order valence-electron chi connectivity index (χ2n) is 4.30. The zero-order chi connectivity index (χ0) is 14.9. The van der Waals surface area contributed by atoms with E-state index in [1.807, 2.05) is 12.1 Å². The monoisotopic (exact) mass is 303 g/mol. The van der Waals surface area contributed by atoms with Gasteiger partial charge in [0, 0.05) is 11.6 Å². The minimum atomic E-state index is -3.89. The number of sulfonamides is 1. The summed E-state index contributed by atoms with van der Waals surface area (Å²) in [4.78, 5) is 7.75. The molecule has 1 N–H and O–H groups in total. The molecule has 0 unspecified atom stereocenters. The molecular weight excluding hydrogens is 293 g/mol. The molecule has 3 aromatic rings. The number of fused-ring (bicyclic) bond motifs is 1. The Hall–Kier alpha value is -2.54. The van der Waals surface area contributed by atoms with Crippen molar-refractivity contribution in [3.8, 4) is 0 Å². The molecule has 0 saturated heterocycles. The Balaban J connectivity index is 2.03. The zero-order valence-electron chi connectivity index (χ0n) is 10.7. The Bertz CT molecular complexity index is 890. The van der Waals surface area contributed by atoms with Crippen LogP contribution in [0.2, 0.25) is 0 Å². The van der Waals surface area contributed by atoms with Gasteiger partial charge in [-0.2, -0.15) is 8.42 Å². The number of hydrogen-bond acceptors (Lipinski definition) is 4. The van der Waals surface area contributed by atoms with Crippen LogP contribution in [0.4, 0.5) is 10.1 Å². The normalized spacial score (nSPS) is 11.5. The molecule has 0 radical (unpaired) electrons. The number of aromatic nitrogens is 2. The van der Waals surface area contributed by atoms with Crippen LogP contribution in [0.1, 0.15) is 0 Å². The van der Waals surface area contributed by atoms with Crippen molar-refractivity contribution in [2.24, 2.45) is 0 Å². The molecule has 2 aromatic heterocycles. The van der Waals surface area contributed by atoms with Crippen LogP contribution in [0, 0.1) is 5.82 Å². The third kappa shape index (κ3) is 2.68. The maximum atomic E-state index is 12.8. The molecule has 5 nitrogen and oxygen atoms in total. The molecule has 106 valence electrons. The number of nitrogens with zero attached hydrogens (tertiary/aromatic N) is 2. The summed E-state index contributed by atoms with van der Waals surface area (Å²) in [6.45, 7) is 0. The van der Waals surface area contributed by atoms with Crippen LogP contribution in [0.15, 0.2) is 59.9 Å². The molecule has 0 aliphatic carbocycles. The Morgan fingerprint density at radius 3 is 2.57 bits per heavy atom. The van der Waals surface area contributed by atoms with E-state index in [0.717, 1.165) is 23.7 Å². The Kier molecular flexibility index (Phi) is 3.26. The van der Waals surface area contributed by atoms with Gasteiger partial charge in [0.25, 0.3) is 10.0 Å². The van der Waals surface area contributed by atoms with Gasteiger partial charge in [0.05, 0.1) is 17.4 Å². The van der Waals surface area contributed by atoms with E-state index in [9.17, 15) is 12.8 Å². The summed E-state index contributed by atoms with van der Waals surface area (Å²) in [5.74, 6) is -0.597. The number of para-hydroxylation sites is 1. The Labute approximate surface area is 120 Å². The fraction of sp³-hybridized carbons (Fsp3) is 0. The van der Waals surface area contributed by atoms with Crippen molar-refractivity contribution in [3.05, 3.63) is 60.7 Å². The van der Waals surface area contributed by atoms with E-state index < -0.39 is 15.8 Å². The maximum absolute atomic E-state index is 12.8. The number of pyridine rings is 2. The van der Waals surface area contributed by atoms with Gasteiger partial charge in [0.1, 0.15) is 5.82 Å². The van der Waals surface area contributed by atoms with Crippen molar-refractivity contribution in [2.75, 3.05) is 4.72 Å². The van der Waals surface area contributed by atoms with E-state index in [2.05, 4.69) is 14.7 Å². The lowest BCUT2D eigenvalue weighted by Crippen LogP contribution is -2.14. The van der Waals surface area contributed by atoms with E-state index in [4.69, 9.17) is 0 Å². The first-order valence-corrected chi connectivity index (χ1v) is 7.53. The number of halogens is 1. The molecular formula is C14H10FN3O2S. The summed E-state index contributed by atoms with van der Waals surface area (Å²) in [6.07, 6.45) is 2.44. The number of hydrogen-bond donors (Lipinski definition) is 1. The highest BCUT2D eigenvalue weighted by Gasteiger charge is 2.17. The minimum absolute atomic E-state index is 0.253. The van der Waals surface area contributed by atoms with E-state index in [0.29, 0.717) is 11.2 Å². The van der Waals surface area contributed by atoms with Crippen molar-refractivity contribution >= 4 is 26.6 Å². The third-order valence-electron chi connectivity index (χ3n) is 2.85. The third-order valence-corrected chi connectivity index (χ3v) is 4.13. The van der Waals surface area contributed by atoms with Crippen molar-refractivity contribution in [1.82, 2.24) is 9.97 Å². The average molecular weight is 303 g/mol. The van der Waals surface area contributed by atoms with Gasteiger partial charge in [-0.1, -0.05) is 18.2 Å². The summed E-state index contributed by atoms with van der Waals surface area (Å²) in [6, 6.07) is 10.9. The predicted molar refractivity (Wildman–Crippen MR) is 76.7 cm³/mol. The van der Waals surface area contributed by atoms with Crippen molar-refractivity contribution in [2.45, 2.75) is 5.03 Å². The van der Waals surface area contributed by atoms with E-state index in [1.54, 1.807) is 24.4 Å². The summed E-state index contributed by atoms with van der Waals surface area (Å²) < 4.78 is 39.7. The molecule has 0 bridgehead atoms. The first kappa shape index (κ1) is 13.4. The van der Waals surface area contributed by atoms with Gasteiger partial charge in [-0.15, -0.1) is 0 Å². The summed E-state index contributed by atoms with van der Waals surface area (Å²) >= 11 is 0. The lowest BCUT2D eigenvalue weighted by atomic mass is 10.2. The fourth-order valence-electron chi connectivity index (χ4n) is 1.90. The van der Waals surface area contributed by atoms with Crippen molar-refractivity contribution < 1.29 is 12.8 Å². The van der Waals surface area contributed by atoms with Gasteiger partial charge in [-0.05, 0) is 24.3 Å². The van der Waals surface area contributed by atoms with Crippen LogP contribution >= 0.6 is 0 Å². The van der Waals surface area contributed by atoms with Crippen LogP contribution in [0.3, 0.4) is 0 Å². The second kappa shape index (κ2) is 5.10. The van der Waals surface area contributed by atoms with Gasteiger partial charge in [-0.25, -0.2) is 9.37 Å². The first-order chi connectivity index (χ1) is 10.1. The molecule has 21 heavy (non-hydrogen) atoms. The summed E-state index contributed by atoms with van der Waals surface area (Å²) in [5, 5.41) is 0.557. The van der Waals surface area contributed by atoms with Gasteiger partial charge in [-0.3, -0.25) is 9.71 Å². The number of nitrogens with one attached hydrogen (secondary N) is 1. The Morgan fingerprint density at radius 1 is 1.00 bits per heavy atom. The van der Waals surface area contributed by atoms with E-state index >= 15 is 0 Å². The largest absolute Gasteiger partial charge is 0.279 e. The van der Waals surface area contributed by atoms with E-state index in [1.165, 1.54) is 0 Å². The fourth-order valence-corrected chi connectivity index (χ4v) is 2.90.